The second kappa shape index (κ2) is 8.62. The Morgan fingerprint density at radius 2 is 2.00 bits per heavy atom. The zero-order chi connectivity index (χ0) is 16.0. The lowest BCUT2D eigenvalue weighted by molar-refractivity contribution is -0.143. The predicted molar refractivity (Wildman–Crippen MR) is 87.9 cm³/mol. The fourth-order valence-corrected chi connectivity index (χ4v) is 2.84. The van der Waals surface area contributed by atoms with E-state index >= 15 is 0 Å². The Kier molecular flexibility index (Phi) is 7.50. The van der Waals surface area contributed by atoms with Gasteiger partial charge in [0.1, 0.15) is 6.04 Å². The average Bonchev–Trinajstić information content (AvgIpc) is 2.42. The van der Waals surface area contributed by atoms with Crippen LogP contribution in [0.25, 0.3) is 0 Å². The van der Waals surface area contributed by atoms with Gasteiger partial charge < -0.3 is 4.74 Å². The molecule has 0 saturated carbocycles. The van der Waals surface area contributed by atoms with Crippen LogP contribution in [0.15, 0.2) is 18.2 Å². The summed E-state index contributed by atoms with van der Waals surface area (Å²) >= 11 is 12.2. The number of halogens is 2. The van der Waals surface area contributed by atoms with Crippen LogP contribution in [0.5, 0.6) is 0 Å². The maximum atomic E-state index is 11.9. The Morgan fingerprint density at radius 3 is 2.48 bits per heavy atom. The zero-order valence-corrected chi connectivity index (χ0v) is 14.5. The van der Waals surface area contributed by atoms with Crippen molar-refractivity contribution in [3.05, 3.63) is 33.8 Å². The van der Waals surface area contributed by atoms with Gasteiger partial charge in [0.25, 0.3) is 0 Å². The number of benzene rings is 1. The number of esters is 1. The molecule has 0 fully saturated rings. The van der Waals surface area contributed by atoms with Crippen LogP contribution in [0.3, 0.4) is 0 Å². The van der Waals surface area contributed by atoms with Crippen molar-refractivity contribution in [2.24, 2.45) is 5.92 Å². The van der Waals surface area contributed by atoms with Gasteiger partial charge in [-0.15, -0.1) is 0 Å². The predicted octanol–water partition coefficient (Wildman–Crippen LogP) is 4.62. The van der Waals surface area contributed by atoms with Gasteiger partial charge in [-0.1, -0.05) is 50.0 Å². The fourth-order valence-electron chi connectivity index (χ4n) is 2.30. The molecule has 2 atom stereocenters. The molecular weight excluding hydrogens is 309 g/mol. The second-order valence-corrected chi connectivity index (χ2v) is 6.34. The molecule has 5 heteroatoms. The van der Waals surface area contributed by atoms with Gasteiger partial charge in [0.15, 0.2) is 0 Å². The first-order chi connectivity index (χ1) is 9.88. The number of ether oxygens (including phenoxy) is 1. The van der Waals surface area contributed by atoms with E-state index in [1.807, 2.05) is 19.1 Å². The van der Waals surface area contributed by atoms with Crippen molar-refractivity contribution < 1.29 is 9.53 Å². The quantitative estimate of drug-likeness (QED) is 0.740. The normalized spacial score (nSPS) is 14.0. The van der Waals surface area contributed by atoms with Gasteiger partial charge in [-0.2, -0.15) is 0 Å². The Balaban J connectivity index is 2.94. The van der Waals surface area contributed by atoms with Crippen molar-refractivity contribution in [2.75, 3.05) is 7.11 Å². The molecule has 1 aromatic rings. The number of methoxy groups -OCH3 is 1. The van der Waals surface area contributed by atoms with Gasteiger partial charge in [0, 0.05) is 16.1 Å². The highest BCUT2D eigenvalue weighted by Gasteiger charge is 2.24. The summed E-state index contributed by atoms with van der Waals surface area (Å²) in [5, 5.41) is 4.57. The van der Waals surface area contributed by atoms with E-state index in [4.69, 9.17) is 27.9 Å². The van der Waals surface area contributed by atoms with Gasteiger partial charge >= 0.3 is 5.97 Å². The molecule has 0 aliphatic rings. The molecule has 1 rings (SSSR count). The highest BCUT2D eigenvalue weighted by Crippen LogP contribution is 2.28. The van der Waals surface area contributed by atoms with Crippen LogP contribution in [-0.2, 0) is 9.53 Å². The van der Waals surface area contributed by atoms with Crippen LogP contribution in [0.1, 0.15) is 45.2 Å². The minimum Gasteiger partial charge on any atom is -0.468 e. The Hall–Kier alpha value is -0.770. The summed E-state index contributed by atoms with van der Waals surface area (Å²) in [6.07, 6.45) is 1.53. The lowest BCUT2D eigenvalue weighted by atomic mass is 9.99. The molecule has 1 N–H and O–H groups in total. The van der Waals surface area contributed by atoms with Crippen LogP contribution in [0.2, 0.25) is 10.0 Å². The fraction of sp³-hybridized carbons (Fsp3) is 0.562. The number of carbonyl (C=O) groups excluding carboxylic acids is 1. The first-order valence-corrected chi connectivity index (χ1v) is 7.93. The van der Waals surface area contributed by atoms with Crippen LogP contribution >= 0.6 is 23.2 Å². The minimum absolute atomic E-state index is 0.0161. The summed E-state index contributed by atoms with van der Waals surface area (Å²) < 4.78 is 4.89. The molecule has 0 bridgehead atoms. The SMILES string of the molecule is CCC(NC(CC(C)C)C(=O)OC)c1ccc(Cl)cc1Cl. The number of hydrogen-bond donors (Lipinski definition) is 1. The summed E-state index contributed by atoms with van der Waals surface area (Å²) in [6.45, 7) is 6.20. The van der Waals surface area contributed by atoms with Crippen molar-refractivity contribution in [3.8, 4) is 0 Å². The van der Waals surface area contributed by atoms with Crippen LogP contribution in [0.4, 0.5) is 0 Å². The highest BCUT2D eigenvalue weighted by molar-refractivity contribution is 6.35. The first-order valence-electron chi connectivity index (χ1n) is 7.17. The van der Waals surface area contributed by atoms with E-state index in [2.05, 4.69) is 19.2 Å². The molecular formula is C16H23Cl2NO2. The van der Waals surface area contributed by atoms with E-state index in [0.29, 0.717) is 22.4 Å². The molecule has 0 spiro atoms. The van der Waals surface area contributed by atoms with Gasteiger partial charge in [-0.25, -0.2) is 0 Å². The molecule has 3 nitrogen and oxygen atoms in total. The number of carbonyl (C=O) groups is 1. The van der Waals surface area contributed by atoms with Gasteiger partial charge in [0.2, 0.25) is 0 Å². The molecule has 0 radical (unpaired) electrons. The molecule has 0 heterocycles. The number of nitrogens with one attached hydrogen (secondary N) is 1. The van der Waals surface area contributed by atoms with Crippen molar-refractivity contribution in [2.45, 2.75) is 45.7 Å². The van der Waals surface area contributed by atoms with E-state index in [9.17, 15) is 4.79 Å². The first kappa shape index (κ1) is 18.3. The molecule has 0 aromatic heterocycles. The topological polar surface area (TPSA) is 38.3 Å². The maximum absolute atomic E-state index is 11.9. The van der Waals surface area contributed by atoms with E-state index < -0.39 is 0 Å². The lowest BCUT2D eigenvalue weighted by Crippen LogP contribution is -2.40. The maximum Gasteiger partial charge on any atom is 0.322 e. The standard InChI is InChI=1S/C16H23Cl2NO2/c1-5-14(12-7-6-11(17)9-13(12)18)19-15(8-10(2)3)16(20)21-4/h6-7,9-10,14-15,19H,5,8H2,1-4H3. The summed E-state index contributed by atoms with van der Waals surface area (Å²) in [7, 11) is 1.41. The minimum atomic E-state index is -0.341. The molecule has 2 unspecified atom stereocenters. The summed E-state index contributed by atoms with van der Waals surface area (Å²) in [4.78, 5) is 11.9. The summed E-state index contributed by atoms with van der Waals surface area (Å²) in [6, 6.07) is 5.07. The Labute approximate surface area is 137 Å². The third-order valence-electron chi connectivity index (χ3n) is 3.34. The van der Waals surface area contributed by atoms with Gasteiger partial charge in [-0.05, 0) is 36.5 Å². The van der Waals surface area contributed by atoms with Crippen molar-refractivity contribution in [1.29, 1.82) is 0 Å². The molecule has 0 aliphatic heterocycles. The van der Waals surface area contributed by atoms with E-state index in [0.717, 1.165) is 12.0 Å². The van der Waals surface area contributed by atoms with Crippen LogP contribution in [0, 0.1) is 5.92 Å². The summed E-state index contributed by atoms with van der Waals surface area (Å²) in [5.74, 6) is 0.145. The third-order valence-corrected chi connectivity index (χ3v) is 3.90. The Morgan fingerprint density at radius 1 is 1.33 bits per heavy atom. The summed E-state index contributed by atoms with van der Waals surface area (Å²) in [5.41, 5.74) is 0.946. The second-order valence-electron chi connectivity index (χ2n) is 5.50. The molecule has 118 valence electrons. The molecule has 0 amide bonds. The van der Waals surface area contributed by atoms with Crippen LogP contribution in [-0.4, -0.2) is 19.1 Å². The lowest BCUT2D eigenvalue weighted by Gasteiger charge is -2.25. The molecule has 1 aromatic carbocycles. The van der Waals surface area contributed by atoms with Crippen molar-refractivity contribution in [3.63, 3.8) is 0 Å². The monoisotopic (exact) mass is 331 g/mol. The van der Waals surface area contributed by atoms with E-state index in [1.54, 1.807) is 6.07 Å². The average molecular weight is 332 g/mol. The van der Waals surface area contributed by atoms with Gasteiger partial charge in [-0.3, -0.25) is 10.1 Å². The third kappa shape index (κ3) is 5.50. The van der Waals surface area contributed by atoms with Gasteiger partial charge in [0.05, 0.1) is 7.11 Å². The zero-order valence-electron chi connectivity index (χ0n) is 13.0. The van der Waals surface area contributed by atoms with E-state index in [1.165, 1.54) is 7.11 Å². The van der Waals surface area contributed by atoms with Crippen molar-refractivity contribution in [1.82, 2.24) is 5.32 Å². The van der Waals surface area contributed by atoms with Crippen molar-refractivity contribution >= 4 is 29.2 Å². The smallest absolute Gasteiger partial charge is 0.322 e. The number of hydrogen-bond acceptors (Lipinski definition) is 3. The van der Waals surface area contributed by atoms with E-state index in [-0.39, 0.29) is 18.1 Å². The molecule has 0 aliphatic carbocycles. The molecule has 21 heavy (non-hydrogen) atoms. The highest BCUT2D eigenvalue weighted by atomic mass is 35.5. The number of rotatable bonds is 7. The molecule has 0 saturated heterocycles. The Bertz CT molecular complexity index is 477. The largest absolute Gasteiger partial charge is 0.468 e. The van der Waals surface area contributed by atoms with Crippen LogP contribution < -0.4 is 5.32 Å².